The highest BCUT2D eigenvalue weighted by Gasteiger charge is 2.38. The van der Waals surface area contributed by atoms with Crippen LogP contribution < -0.4 is 25.3 Å². The second-order valence-electron chi connectivity index (χ2n) is 13.2. The van der Waals surface area contributed by atoms with Crippen molar-refractivity contribution in [3.05, 3.63) is 30.0 Å². The van der Waals surface area contributed by atoms with Crippen LogP contribution >= 0.6 is 0 Å². The Labute approximate surface area is 267 Å². The molecule has 6 rings (SSSR count). The number of carbonyl (C=O) groups excluding carboxylic acids is 2. The van der Waals surface area contributed by atoms with E-state index in [0.29, 0.717) is 46.9 Å². The Hall–Kier alpha value is -3.48. The molecule has 3 heterocycles. The summed E-state index contributed by atoms with van der Waals surface area (Å²) in [5.41, 5.74) is 1.85. The number of hydrogen-bond donors (Lipinski definition) is 2. The van der Waals surface area contributed by atoms with Crippen LogP contribution in [0.2, 0.25) is 0 Å². The largest absolute Gasteiger partial charge is 0.495 e. The van der Waals surface area contributed by atoms with E-state index in [1.807, 2.05) is 37.1 Å². The van der Waals surface area contributed by atoms with Gasteiger partial charge in [0.05, 0.1) is 19.0 Å². The van der Waals surface area contributed by atoms with Crippen LogP contribution in [0.1, 0.15) is 62.2 Å². The number of fused-ring (bicyclic) bond motifs is 1. The lowest BCUT2D eigenvalue weighted by atomic mass is 9.89. The summed E-state index contributed by atoms with van der Waals surface area (Å²) in [5.74, 6) is 2.43. The summed E-state index contributed by atoms with van der Waals surface area (Å²) in [6.07, 6.45) is 9.43. The summed E-state index contributed by atoms with van der Waals surface area (Å²) in [6.45, 7) is 8.04. The number of amides is 2. The van der Waals surface area contributed by atoms with E-state index in [1.165, 1.54) is 45.6 Å². The first-order valence-corrected chi connectivity index (χ1v) is 16.6. The fraction of sp³-hybridized carbons (Fsp3) is 0.636. The van der Waals surface area contributed by atoms with E-state index < -0.39 is 0 Å². The van der Waals surface area contributed by atoms with E-state index >= 15 is 0 Å². The predicted octanol–water partition coefficient (Wildman–Crippen LogP) is 3.34. The van der Waals surface area contributed by atoms with Crippen molar-refractivity contribution in [3.63, 3.8) is 0 Å². The molecule has 0 radical (unpaired) electrons. The number of nitrogens with zero attached hydrogens (tertiary/aromatic N) is 7. The van der Waals surface area contributed by atoms with Crippen molar-refractivity contribution >= 4 is 35.0 Å². The van der Waals surface area contributed by atoms with Gasteiger partial charge in [0.15, 0.2) is 5.82 Å². The van der Waals surface area contributed by atoms with E-state index in [9.17, 15) is 9.59 Å². The molecule has 244 valence electrons. The average molecular weight is 620 g/mol. The quantitative estimate of drug-likeness (QED) is 0.411. The summed E-state index contributed by atoms with van der Waals surface area (Å²) < 4.78 is 5.67. The second kappa shape index (κ2) is 13.5. The lowest BCUT2D eigenvalue weighted by Crippen LogP contribution is -2.57. The van der Waals surface area contributed by atoms with E-state index in [4.69, 9.17) is 9.72 Å². The molecule has 12 nitrogen and oxygen atoms in total. The van der Waals surface area contributed by atoms with Crippen molar-refractivity contribution in [1.29, 1.82) is 0 Å². The third-order valence-corrected chi connectivity index (χ3v) is 9.94. The molecule has 2 aromatic rings. The molecule has 12 heteroatoms. The van der Waals surface area contributed by atoms with Crippen LogP contribution in [0.15, 0.2) is 24.4 Å². The van der Waals surface area contributed by atoms with E-state index in [1.54, 1.807) is 37.4 Å². The molecule has 0 spiro atoms. The Morgan fingerprint density at radius 3 is 2.44 bits per heavy atom. The summed E-state index contributed by atoms with van der Waals surface area (Å²) in [7, 11) is 7.14. The van der Waals surface area contributed by atoms with Crippen molar-refractivity contribution < 1.29 is 14.3 Å². The van der Waals surface area contributed by atoms with Crippen LogP contribution in [0, 0.1) is 5.92 Å². The number of benzene rings is 1. The topological polar surface area (TPSA) is 109 Å². The average Bonchev–Trinajstić information content (AvgIpc) is 3.87. The molecule has 1 aromatic carbocycles. The molecule has 2 N–H and O–H groups in total. The van der Waals surface area contributed by atoms with Gasteiger partial charge in [-0.05, 0) is 69.1 Å². The summed E-state index contributed by atoms with van der Waals surface area (Å²) in [6, 6.07) is 5.86. The number of hydrazine groups is 1. The van der Waals surface area contributed by atoms with Crippen LogP contribution in [0.3, 0.4) is 0 Å². The molecule has 45 heavy (non-hydrogen) atoms. The maximum Gasteiger partial charge on any atom is 0.251 e. The number of carbonyl (C=O) groups is 2. The van der Waals surface area contributed by atoms with Crippen molar-refractivity contribution in [1.82, 2.24) is 30.1 Å². The Morgan fingerprint density at radius 2 is 1.80 bits per heavy atom. The third-order valence-electron chi connectivity index (χ3n) is 9.94. The zero-order valence-corrected chi connectivity index (χ0v) is 27.5. The van der Waals surface area contributed by atoms with Crippen molar-refractivity contribution in [2.45, 2.75) is 70.0 Å². The summed E-state index contributed by atoms with van der Waals surface area (Å²) in [4.78, 5) is 42.4. The highest BCUT2D eigenvalue weighted by Crippen LogP contribution is 2.37. The number of likely N-dealkylation sites (N-methyl/N-ethyl adjacent to an activating group) is 1. The zero-order chi connectivity index (χ0) is 31.7. The van der Waals surface area contributed by atoms with E-state index in [2.05, 4.69) is 25.4 Å². The maximum absolute atomic E-state index is 13.3. The van der Waals surface area contributed by atoms with Gasteiger partial charge in [-0.15, -0.1) is 0 Å². The molecule has 0 bridgehead atoms. The van der Waals surface area contributed by atoms with Gasteiger partial charge in [-0.3, -0.25) is 19.5 Å². The van der Waals surface area contributed by atoms with Gasteiger partial charge in [0, 0.05) is 71.5 Å². The minimum atomic E-state index is -0.352. The van der Waals surface area contributed by atoms with Gasteiger partial charge in [0.25, 0.3) is 11.8 Å². The third kappa shape index (κ3) is 6.87. The number of piperazine rings is 1. The summed E-state index contributed by atoms with van der Waals surface area (Å²) in [5, 5.41) is 10.3. The van der Waals surface area contributed by atoms with E-state index in [-0.39, 0.29) is 23.9 Å². The molecule has 1 unspecified atom stereocenters. The Balaban J connectivity index is 1.06. The van der Waals surface area contributed by atoms with Crippen LogP contribution in [0.5, 0.6) is 5.75 Å². The van der Waals surface area contributed by atoms with E-state index in [0.717, 1.165) is 31.6 Å². The van der Waals surface area contributed by atoms with Gasteiger partial charge in [0.2, 0.25) is 5.95 Å². The Bertz CT molecular complexity index is 1370. The van der Waals surface area contributed by atoms with Crippen LogP contribution in [-0.4, -0.2) is 116 Å². The number of aromatic nitrogens is 2. The van der Waals surface area contributed by atoms with Gasteiger partial charge in [0.1, 0.15) is 17.5 Å². The fourth-order valence-electron chi connectivity index (χ4n) is 7.13. The smallest absolute Gasteiger partial charge is 0.251 e. The van der Waals surface area contributed by atoms with Crippen LogP contribution in [-0.2, 0) is 4.79 Å². The number of rotatable bonds is 10. The minimum Gasteiger partial charge on any atom is -0.495 e. The molecule has 4 aliphatic rings. The lowest BCUT2D eigenvalue weighted by Gasteiger charge is -2.43. The van der Waals surface area contributed by atoms with Crippen LogP contribution in [0.4, 0.5) is 23.1 Å². The molecule has 2 aliphatic heterocycles. The molecular formula is C33H49N9O3. The maximum atomic E-state index is 13.3. The highest BCUT2D eigenvalue weighted by molar-refractivity contribution is 6.04. The normalized spacial score (nSPS) is 24.5. The number of anilines is 4. The number of nitrogens with one attached hydrogen (secondary N) is 2. The van der Waals surface area contributed by atoms with Gasteiger partial charge < -0.3 is 25.2 Å². The second-order valence-corrected chi connectivity index (χ2v) is 13.2. The van der Waals surface area contributed by atoms with Gasteiger partial charge in [-0.2, -0.15) is 4.98 Å². The number of methoxy groups -OCH3 is 1. The molecule has 1 atom stereocenters. The molecule has 2 aliphatic carbocycles. The first kappa shape index (κ1) is 31.5. The monoisotopic (exact) mass is 619 g/mol. The van der Waals surface area contributed by atoms with Gasteiger partial charge in [-0.25, -0.2) is 9.99 Å². The fourth-order valence-corrected chi connectivity index (χ4v) is 7.13. The Kier molecular flexibility index (Phi) is 9.44. The number of hydrogen-bond acceptors (Lipinski definition) is 10. The van der Waals surface area contributed by atoms with Crippen LogP contribution in [0.25, 0.3) is 0 Å². The van der Waals surface area contributed by atoms with Crippen molar-refractivity contribution in [2.75, 3.05) is 76.2 Å². The number of ether oxygens (including phenoxy) is 1. The zero-order valence-electron chi connectivity index (χ0n) is 27.5. The SMILES string of the molecule is CCC1C(=O)N(C)c2cnc(Nc3ccc(C(=O)N[C@H]4CC[C@H](N5CCN(CC6CC6)CC5)CC4)cc3OC)nc2N1N(C)C. The molecule has 1 saturated heterocycles. The summed E-state index contributed by atoms with van der Waals surface area (Å²) >= 11 is 0. The standard InChI is InChI=1S/C33H49N9O3/c1-6-27-32(44)39(4)28-20-34-33(37-30(28)42(27)38(2)3)36-26-14-9-23(19-29(26)45-5)31(43)35-24-10-12-25(13-11-24)41-17-15-40(16-18-41)21-22-7-8-22/h9,14,19-20,22,24-25,27H,6-8,10-13,15-18,21H2,1-5H3,(H,35,43)(H,34,36,37)/t24-,25-,27?. The molecule has 2 saturated carbocycles. The van der Waals surface area contributed by atoms with Crippen molar-refractivity contribution in [2.24, 2.45) is 5.92 Å². The first-order chi connectivity index (χ1) is 21.7. The molecule has 2 amide bonds. The molecule has 3 fully saturated rings. The van der Waals surface area contributed by atoms with Crippen molar-refractivity contribution in [3.8, 4) is 5.75 Å². The lowest BCUT2D eigenvalue weighted by molar-refractivity contribution is -0.120. The minimum absolute atomic E-state index is 0.00374. The predicted molar refractivity (Wildman–Crippen MR) is 176 cm³/mol. The first-order valence-electron chi connectivity index (χ1n) is 16.6. The Morgan fingerprint density at radius 1 is 1.07 bits per heavy atom. The van der Waals surface area contributed by atoms with Gasteiger partial charge >= 0.3 is 0 Å². The molecular weight excluding hydrogens is 570 g/mol. The van der Waals surface area contributed by atoms with Gasteiger partial charge in [-0.1, -0.05) is 6.92 Å². The highest BCUT2D eigenvalue weighted by atomic mass is 16.5. The molecule has 1 aromatic heterocycles.